The van der Waals surface area contributed by atoms with Gasteiger partial charge in [-0.05, 0) is 19.8 Å². The number of hydrogen-bond acceptors (Lipinski definition) is 4. The van der Waals surface area contributed by atoms with E-state index in [1.165, 1.54) is 19.3 Å². The van der Waals surface area contributed by atoms with Gasteiger partial charge < -0.3 is 15.8 Å². The molecule has 1 heterocycles. The molecule has 1 aliphatic carbocycles. The highest BCUT2D eigenvalue weighted by molar-refractivity contribution is 5.96. The maximum absolute atomic E-state index is 11.9. The Morgan fingerprint density at radius 2 is 2.25 bits per heavy atom. The summed E-state index contributed by atoms with van der Waals surface area (Å²) in [5.74, 6) is -0.234. The smallest absolute Gasteiger partial charge is 0.274 e. The van der Waals surface area contributed by atoms with Gasteiger partial charge in [0.1, 0.15) is 0 Å². The van der Waals surface area contributed by atoms with Crippen molar-refractivity contribution in [3.63, 3.8) is 0 Å². The summed E-state index contributed by atoms with van der Waals surface area (Å²) in [4.78, 5) is 11.9. The first-order valence-corrected chi connectivity index (χ1v) is 7.43. The van der Waals surface area contributed by atoms with Crippen molar-refractivity contribution in [1.29, 1.82) is 0 Å². The number of nitrogen functional groups attached to an aromatic ring is 1. The molecule has 1 aromatic rings. The van der Waals surface area contributed by atoms with Crippen molar-refractivity contribution in [3.05, 3.63) is 11.9 Å². The van der Waals surface area contributed by atoms with E-state index in [1.807, 2.05) is 6.92 Å². The van der Waals surface area contributed by atoms with E-state index in [2.05, 4.69) is 10.4 Å². The topological polar surface area (TPSA) is 82.2 Å². The lowest BCUT2D eigenvalue weighted by atomic mass is 9.98. The molecule has 0 bridgehead atoms. The summed E-state index contributed by atoms with van der Waals surface area (Å²) in [6, 6.07) is 0. The van der Waals surface area contributed by atoms with Crippen LogP contribution < -0.4 is 11.1 Å². The van der Waals surface area contributed by atoms with Gasteiger partial charge in [-0.25, -0.2) is 0 Å². The maximum atomic E-state index is 11.9. The van der Waals surface area contributed by atoms with Crippen molar-refractivity contribution in [1.82, 2.24) is 15.1 Å². The van der Waals surface area contributed by atoms with E-state index in [-0.39, 0.29) is 5.91 Å². The highest BCUT2D eigenvalue weighted by Gasteiger charge is 2.15. The Hall–Kier alpha value is -1.56. The molecule has 0 aromatic carbocycles. The number of hydrogen-bond donors (Lipinski definition) is 2. The lowest BCUT2D eigenvalue weighted by Crippen LogP contribution is -2.30. The van der Waals surface area contributed by atoms with E-state index in [1.54, 1.807) is 10.9 Å². The quantitative estimate of drug-likeness (QED) is 0.775. The van der Waals surface area contributed by atoms with Crippen LogP contribution in [0, 0.1) is 0 Å². The van der Waals surface area contributed by atoms with Gasteiger partial charge in [0.15, 0.2) is 5.69 Å². The summed E-state index contributed by atoms with van der Waals surface area (Å²) in [5.41, 5.74) is 6.47. The molecule has 1 amide bonds. The molecule has 6 nitrogen and oxygen atoms in total. The lowest BCUT2D eigenvalue weighted by molar-refractivity contribution is 0.0299. The number of rotatable bonds is 6. The Morgan fingerprint density at radius 1 is 1.50 bits per heavy atom. The molecule has 0 spiro atoms. The van der Waals surface area contributed by atoms with Crippen molar-refractivity contribution in [3.8, 4) is 0 Å². The number of nitrogens with zero attached hydrogens (tertiary/aromatic N) is 2. The van der Waals surface area contributed by atoms with Crippen LogP contribution in [0.5, 0.6) is 0 Å². The minimum absolute atomic E-state index is 0.234. The number of nitrogens with one attached hydrogen (secondary N) is 1. The zero-order chi connectivity index (χ0) is 14.4. The van der Waals surface area contributed by atoms with Crippen LogP contribution in [0.25, 0.3) is 0 Å². The summed E-state index contributed by atoms with van der Waals surface area (Å²) in [6.45, 7) is 3.69. The van der Waals surface area contributed by atoms with Crippen LogP contribution in [-0.2, 0) is 11.3 Å². The fraction of sp³-hybridized carbons (Fsp3) is 0.714. The number of nitrogens with two attached hydrogens (primary N) is 1. The Bertz CT molecular complexity index is 438. The summed E-state index contributed by atoms with van der Waals surface area (Å²) in [6.07, 6.45) is 8.14. The third-order valence-electron chi connectivity index (χ3n) is 3.62. The SMILES string of the molecule is CCn1cc(N)c(C(=O)NCCOC2CCCCC2)n1. The number of anilines is 1. The summed E-state index contributed by atoms with van der Waals surface area (Å²) >= 11 is 0. The third kappa shape index (κ3) is 3.96. The molecular formula is C14H24N4O2. The molecule has 0 unspecified atom stereocenters. The largest absolute Gasteiger partial charge is 0.396 e. The standard InChI is InChI=1S/C14H24N4O2/c1-2-18-10-12(15)13(17-18)14(19)16-8-9-20-11-6-4-3-5-7-11/h10-11H,2-9,15H2,1H3,(H,16,19). The average Bonchev–Trinajstić information content (AvgIpc) is 2.86. The van der Waals surface area contributed by atoms with Crippen LogP contribution in [-0.4, -0.2) is 34.9 Å². The van der Waals surface area contributed by atoms with Crippen LogP contribution >= 0.6 is 0 Å². The monoisotopic (exact) mass is 280 g/mol. The molecule has 0 radical (unpaired) electrons. The van der Waals surface area contributed by atoms with Crippen LogP contribution in [0.4, 0.5) is 5.69 Å². The normalized spacial score (nSPS) is 16.2. The Morgan fingerprint density at radius 3 is 2.90 bits per heavy atom. The maximum Gasteiger partial charge on any atom is 0.274 e. The molecule has 1 saturated carbocycles. The van der Waals surface area contributed by atoms with Gasteiger partial charge in [-0.3, -0.25) is 9.48 Å². The first-order valence-electron chi connectivity index (χ1n) is 7.43. The minimum Gasteiger partial charge on any atom is -0.396 e. The number of ether oxygens (including phenoxy) is 1. The molecule has 1 aliphatic rings. The first-order chi connectivity index (χ1) is 9.70. The summed E-state index contributed by atoms with van der Waals surface area (Å²) in [5, 5.41) is 6.93. The first kappa shape index (κ1) is 14.8. The van der Waals surface area contributed by atoms with Gasteiger partial charge in [0, 0.05) is 19.3 Å². The minimum atomic E-state index is -0.234. The van der Waals surface area contributed by atoms with Crippen molar-refractivity contribution in [2.24, 2.45) is 0 Å². The van der Waals surface area contributed by atoms with E-state index in [9.17, 15) is 4.79 Å². The van der Waals surface area contributed by atoms with E-state index in [4.69, 9.17) is 10.5 Å². The Labute approximate surface area is 119 Å². The van der Waals surface area contributed by atoms with Gasteiger partial charge >= 0.3 is 0 Å². The van der Waals surface area contributed by atoms with E-state index < -0.39 is 0 Å². The summed E-state index contributed by atoms with van der Waals surface area (Å²) < 4.78 is 7.41. The van der Waals surface area contributed by atoms with Gasteiger partial charge in [0.05, 0.1) is 18.4 Å². The molecule has 6 heteroatoms. The van der Waals surface area contributed by atoms with Crippen LogP contribution in [0.2, 0.25) is 0 Å². The van der Waals surface area contributed by atoms with Crippen LogP contribution in [0.1, 0.15) is 49.5 Å². The molecule has 1 aromatic heterocycles. The highest BCUT2D eigenvalue weighted by Crippen LogP contribution is 2.19. The fourth-order valence-electron chi connectivity index (χ4n) is 2.48. The highest BCUT2D eigenvalue weighted by atomic mass is 16.5. The molecule has 0 saturated heterocycles. The average molecular weight is 280 g/mol. The molecule has 0 atom stereocenters. The zero-order valence-corrected chi connectivity index (χ0v) is 12.1. The Balaban J connectivity index is 1.70. The molecule has 3 N–H and O–H groups in total. The van der Waals surface area contributed by atoms with Crippen molar-refractivity contribution in [2.45, 2.75) is 51.7 Å². The van der Waals surface area contributed by atoms with Gasteiger partial charge in [-0.1, -0.05) is 19.3 Å². The van der Waals surface area contributed by atoms with Crippen molar-refractivity contribution in [2.75, 3.05) is 18.9 Å². The fourth-order valence-corrected chi connectivity index (χ4v) is 2.48. The van der Waals surface area contributed by atoms with Crippen LogP contribution in [0.15, 0.2) is 6.20 Å². The second-order valence-electron chi connectivity index (χ2n) is 5.18. The van der Waals surface area contributed by atoms with Gasteiger partial charge in [-0.2, -0.15) is 5.10 Å². The van der Waals surface area contributed by atoms with E-state index >= 15 is 0 Å². The molecule has 20 heavy (non-hydrogen) atoms. The second-order valence-corrected chi connectivity index (χ2v) is 5.18. The second kappa shape index (κ2) is 7.28. The molecular weight excluding hydrogens is 256 g/mol. The van der Waals surface area contributed by atoms with Crippen molar-refractivity contribution >= 4 is 11.6 Å². The predicted octanol–water partition coefficient (Wildman–Crippen LogP) is 1.56. The number of aryl methyl sites for hydroxylation is 1. The molecule has 0 aliphatic heterocycles. The predicted molar refractivity (Wildman–Crippen MR) is 77.5 cm³/mol. The third-order valence-corrected chi connectivity index (χ3v) is 3.62. The number of amides is 1. The Kier molecular flexibility index (Phi) is 5.40. The van der Waals surface area contributed by atoms with E-state index in [0.29, 0.717) is 37.2 Å². The van der Waals surface area contributed by atoms with Crippen molar-refractivity contribution < 1.29 is 9.53 Å². The van der Waals surface area contributed by atoms with Gasteiger partial charge in [0.25, 0.3) is 5.91 Å². The molecule has 112 valence electrons. The lowest BCUT2D eigenvalue weighted by Gasteiger charge is -2.21. The van der Waals surface area contributed by atoms with Gasteiger partial charge in [0.2, 0.25) is 0 Å². The number of carbonyl (C=O) groups excluding carboxylic acids is 1. The number of aromatic nitrogens is 2. The van der Waals surface area contributed by atoms with Crippen LogP contribution in [0.3, 0.4) is 0 Å². The zero-order valence-electron chi connectivity index (χ0n) is 12.1. The summed E-state index contributed by atoms with van der Waals surface area (Å²) in [7, 11) is 0. The number of carbonyl (C=O) groups is 1. The van der Waals surface area contributed by atoms with Gasteiger partial charge in [-0.15, -0.1) is 0 Å². The van der Waals surface area contributed by atoms with E-state index in [0.717, 1.165) is 12.8 Å². The molecule has 2 rings (SSSR count). The molecule has 1 fully saturated rings.